The standard InChI is InChI=1S/C12H12ClN3O2/c1-6-4-10(13)14-5-9(6)15-12(17)11-7(2)16-18-8(11)3/h4-5H,1-3H3,(H,15,17). The Morgan fingerprint density at radius 3 is 2.67 bits per heavy atom. The maximum absolute atomic E-state index is 12.1. The van der Waals surface area contributed by atoms with Crippen LogP contribution < -0.4 is 5.32 Å². The lowest BCUT2D eigenvalue weighted by Gasteiger charge is -2.07. The van der Waals surface area contributed by atoms with Gasteiger partial charge in [-0.2, -0.15) is 0 Å². The number of rotatable bonds is 2. The number of hydrogen-bond acceptors (Lipinski definition) is 4. The van der Waals surface area contributed by atoms with Crippen molar-refractivity contribution in [3.8, 4) is 0 Å². The van der Waals surface area contributed by atoms with Crippen molar-refractivity contribution in [2.75, 3.05) is 5.32 Å². The summed E-state index contributed by atoms with van der Waals surface area (Å²) in [4.78, 5) is 16.0. The van der Waals surface area contributed by atoms with Crippen LogP contribution in [-0.2, 0) is 0 Å². The Labute approximate surface area is 109 Å². The number of halogens is 1. The Hall–Kier alpha value is -1.88. The summed E-state index contributed by atoms with van der Waals surface area (Å²) in [6.07, 6.45) is 1.52. The highest BCUT2D eigenvalue weighted by atomic mass is 35.5. The van der Waals surface area contributed by atoms with Crippen LogP contribution in [0.4, 0.5) is 5.69 Å². The Kier molecular flexibility index (Phi) is 3.34. The van der Waals surface area contributed by atoms with Gasteiger partial charge >= 0.3 is 0 Å². The van der Waals surface area contributed by atoms with Crippen molar-refractivity contribution in [2.24, 2.45) is 0 Å². The largest absolute Gasteiger partial charge is 0.361 e. The zero-order chi connectivity index (χ0) is 13.3. The predicted octanol–water partition coefficient (Wildman–Crippen LogP) is 2.90. The summed E-state index contributed by atoms with van der Waals surface area (Å²) in [7, 11) is 0. The van der Waals surface area contributed by atoms with Crippen molar-refractivity contribution >= 4 is 23.2 Å². The second-order valence-corrected chi connectivity index (χ2v) is 4.36. The van der Waals surface area contributed by atoms with E-state index in [1.165, 1.54) is 6.20 Å². The maximum Gasteiger partial charge on any atom is 0.261 e. The SMILES string of the molecule is Cc1cc(Cl)ncc1NC(=O)c1c(C)noc1C. The summed E-state index contributed by atoms with van der Waals surface area (Å²) >= 11 is 5.75. The van der Waals surface area contributed by atoms with Crippen LogP contribution in [0.15, 0.2) is 16.8 Å². The molecular formula is C12H12ClN3O2. The third-order valence-electron chi connectivity index (χ3n) is 2.59. The highest BCUT2D eigenvalue weighted by molar-refractivity contribution is 6.29. The molecule has 0 atom stereocenters. The quantitative estimate of drug-likeness (QED) is 0.848. The van der Waals surface area contributed by atoms with E-state index in [1.807, 2.05) is 6.92 Å². The van der Waals surface area contributed by atoms with Gasteiger partial charge in [0.05, 0.1) is 17.6 Å². The molecule has 2 aromatic rings. The predicted molar refractivity (Wildman–Crippen MR) is 67.9 cm³/mol. The van der Waals surface area contributed by atoms with E-state index < -0.39 is 0 Å². The summed E-state index contributed by atoms with van der Waals surface area (Å²) in [6, 6.07) is 1.69. The molecule has 2 heterocycles. The van der Waals surface area contributed by atoms with Crippen molar-refractivity contribution in [3.63, 3.8) is 0 Å². The van der Waals surface area contributed by atoms with Gasteiger partial charge in [0.2, 0.25) is 0 Å². The van der Waals surface area contributed by atoms with Crippen molar-refractivity contribution in [1.29, 1.82) is 0 Å². The van der Waals surface area contributed by atoms with Gasteiger partial charge in [0.25, 0.3) is 5.91 Å². The van der Waals surface area contributed by atoms with Crippen LogP contribution >= 0.6 is 11.6 Å². The van der Waals surface area contributed by atoms with E-state index >= 15 is 0 Å². The van der Waals surface area contributed by atoms with E-state index in [9.17, 15) is 4.79 Å². The Bertz CT molecular complexity index is 588. The molecule has 94 valence electrons. The first kappa shape index (κ1) is 12.6. The molecule has 1 amide bonds. The van der Waals surface area contributed by atoms with Crippen molar-refractivity contribution in [3.05, 3.63) is 40.0 Å². The highest BCUT2D eigenvalue weighted by Crippen LogP contribution is 2.19. The fourth-order valence-electron chi connectivity index (χ4n) is 1.64. The topological polar surface area (TPSA) is 68.0 Å². The molecule has 0 aliphatic carbocycles. The van der Waals surface area contributed by atoms with Gasteiger partial charge in [-0.25, -0.2) is 4.98 Å². The van der Waals surface area contributed by atoms with Crippen LogP contribution in [0.25, 0.3) is 0 Å². The number of anilines is 1. The molecule has 2 rings (SSSR count). The van der Waals surface area contributed by atoms with Crippen LogP contribution in [0.1, 0.15) is 27.4 Å². The summed E-state index contributed by atoms with van der Waals surface area (Å²) in [5.74, 6) is 0.225. The highest BCUT2D eigenvalue weighted by Gasteiger charge is 2.18. The third-order valence-corrected chi connectivity index (χ3v) is 2.79. The molecule has 0 saturated carbocycles. The zero-order valence-corrected chi connectivity index (χ0v) is 11.0. The molecule has 0 aromatic carbocycles. The van der Waals surface area contributed by atoms with Crippen molar-refractivity contribution in [1.82, 2.24) is 10.1 Å². The molecule has 18 heavy (non-hydrogen) atoms. The van der Waals surface area contributed by atoms with Gasteiger partial charge in [0.1, 0.15) is 16.5 Å². The van der Waals surface area contributed by atoms with Gasteiger partial charge in [-0.3, -0.25) is 4.79 Å². The molecule has 0 fully saturated rings. The van der Waals surface area contributed by atoms with Gasteiger partial charge in [-0.15, -0.1) is 0 Å². The molecule has 1 N–H and O–H groups in total. The van der Waals surface area contributed by atoms with E-state index in [-0.39, 0.29) is 5.91 Å². The minimum atomic E-state index is -0.265. The number of amides is 1. The summed E-state index contributed by atoms with van der Waals surface area (Å²) in [5, 5.41) is 6.90. The molecule has 0 aliphatic heterocycles. The van der Waals surface area contributed by atoms with E-state index in [0.29, 0.717) is 27.9 Å². The van der Waals surface area contributed by atoms with Crippen molar-refractivity contribution in [2.45, 2.75) is 20.8 Å². The number of carbonyl (C=O) groups is 1. The Balaban J connectivity index is 2.27. The first-order valence-electron chi connectivity index (χ1n) is 5.35. The monoisotopic (exact) mass is 265 g/mol. The Morgan fingerprint density at radius 2 is 2.11 bits per heavy atom. The maximum atomic E-state index is 12.1. The molecule has 0 radical (unpaired) electrons. The normalized spacial score (nSPS) is 10.4. The lowest BCUT2D eigenvalue weighted by atomic mass is 10.2. The Morgan fingerprint density at radius 1 is 1.39 bits per heavy atom. The van der Waals surface area contributed by atoms with Gasteiger partial charge in [-0.05, 0) is 32.4 Å². The van der Waals surface area contributed by atoms with Gasteiger partial charge in [-0.1, -0.05) is 16.8 Å². The fourth-order valence-corrected chi connectivity index (χ4v) is 1.86. The smallest absolute Gasteiger partial charge is 0.261 e. The molecule has 0 unspecified atom stereocenters. The number of nitrogens with one attached hydrogen (secondary N) is 1. The van der Waals surface area contributed by atoms with Crippen LogP contribution in [0, 0.1) is 20.8 Å². The van der Waals surface area contributed by atoms with E-state index in [4.69, 9.17) is 16.1 Å². The number of carbonyl (C=O) groups excluding carboxylic acids is 1. The number of nitrogens with zero attached hydrogens (tertiary/aromatic N) is 2. The van der Waals surface area contributed by atoms with Crippen molar-refractivity contribution < 1.29 is 9.32 Å². The van der Waals surface area contributed by atoms with Crippen LogP contribution in [-0.4, -0.2) is 16.0 Å². The molecule has 0 spiro atoms. The number of hydrogen-bond donors (Lipinski definition) is 1. The second-order valence-electron chi connectivity index (χ2n) is 3.98. The molecule has 2 aromatic heterocycles. The average molecular weight is 266 g/mol. The number of pyridine rings is 1. The second kappa shape index (κ2) is 4.78. The van der Waals surface area contributed by atoms with Gasteiger partial charge in [0, 0.05) is 0 Å². The molecule has 6 heteroatoms. The number of aryl methyl sites for hydroxylation is 3. The molecule has 0 bridgehead atoms. The number of aromatic nitrogens is 2. The summed E-state index contributed by atoms with van der Waals surface area (Å²) in [6.45, 7) is 5.26. The van der Waals surface area contributed by atoms with Gasteiger partial charge < -0.3 is 9.84 Å². The fraction of sp³-hybridized carbons (Fsp3) is 0.250. The lowest BCUT2D eigenvalue weighted by molar-refractivity contribution is 0.102. The van der Waals surface area contributed by atoms with Gasteiger partial charge in [0.15, 0.2) is 0 Å². The molecular weight excluding hydrogens is 254 g/mol. The van der Waals surface area contributed by atoms with Crippen LogP contribution in [0.3, 0.4) is 0 Å². The van der Waals surface area contributed by atoms with Crippen LogP contribution in [0.5, 0.6) is 0 Å². The molecule has 0 saturated heterocycles. The average Bonchev–Trinajstić information content (AvgIpc) is 2.62. The molecule has 5 nitrogen and oxygen atoms in total. The van der Waals surface area contributed by atoms with E-state index in [0.717, 1.165) is 5.56 Å². The van der Waals surface area contributed by atoms with E-state index in [2.05, 4.69) is 15.5 Å². The lowest BCUT2D eigenvalue weighted by Crippen LogP contribution is -2.14. The third kappa shape index (κ3) is 2.36. The minimum absolute atomic E-state index is 0.265. The minimum Gasteiger partial charge on any atom is -0.361 e. The summed E-state index contributed by atoms with van der Waals surface area (Å²) in [5.41, 5.74) is 2.47. The van der Waals surface area contributed by atoms with Crippen LogP contribution in [0.2, 0.25) is 5.15 Å². The summed E-state index contributed by atoms with van der Waals surface area (Å²) < 4.78 is 4.96. The molecule has 0 aliphatic rings. The first-order chi connectivity index (χ1) is 8.49. The first-order valence-corrected chi connectivity index (χ1v) is 5.73. The van der Waals surface area contributed by atoms with E-state index in [1.54, 1.807) is 19.9 Å². The zero-order valence-electron chi connectivity index (χ0n) is 10.2.